The summed E-state index contributed by atoms with van der Waals surface area (Å²) in [5.74, 6) is 0.422. The van der Waals surface area contributed by atoms with E-state index in [0.717, 1.165) is 10.0 Å². The molecule has 0 atom stereocenters. The zero-order valence-electron chi connectivity index (χ0n) is 13.5. The molecule has 0 radical (unpaired) electrons. The predicted octanol–water partition coefficient (Wildman–Crippen LogP) is 4.03. The fraction of sp³-hybridized carbons (Fsp3) is 0.118. The van der Waals surface area contributed by atoms with Crippen molar-refractivity contribution in [1.82, 2.24) is 0 Å². The summed E-state index contributed by atoms with van der Waals surface area (Å²) in [6, 6.07) is 9.38. The number of non-ortho nitro benzene ring substituents is 1. The van der Waals surface area contributed by atoms with E-state index in [1.54, 1.807) is 19.3 Å². The summed E-state index contributed by atoms with van der Waals surface area (Å²) in [5.41, 5.74) is 0.941. The van der Waals surface area contributed by atoms with Gasteiger partial charge in [0.1, 0.15) is 11.5 Å². The van der Waals surface area contributed by atoms with Crippen LogP contribution >= 0.6 is 15.9 Å². The van der Waals surface area contributed by atoms with Gasteiger partial charge < -0.3 is 14.8 Å². The van der Waals surface area contributed by atoms with Crippen LogP contribution in [0.3, 0.4) is 0 Å². The molecular formula is C17H15BrN2O5. The zero-order chi connectivity index (χ0) is 18.4. The lowest BCUT2D eigenvalue weighted by molar-refractivity contribution is -0.384. The maximum absolute atomic E-state index is 12.1. The smallest absolute Gasteiger partial charge is 0.273 e. The van der Waals surface area contributed by atoms with E-state index in [1.807, 2.05) is 12.1 Å². The molecule has 8 heteroatoms. The summed E-state index contributed by atoms with van der Waals surface area (Å²) in [6.45, 7) is 0. The molecule has 2 rings (SSSR count). The summed E-state index contributed by atoms with van der Waals surface area (Å²) in [4.78, 5) is 22.4. The Balaban J connectivity index is 2.18. The maximum atomic E-state index is 12.1. The van der Waals surface area contributed by atoms with Gasteiger partial charge in [-0.05, 0) is 30.3 Å². The van der Waals surface area contributed by atoms with E-state index in [4.69, 9.17) is 9.47 Å². The Hall–Kier alpha value is -2.87. The van der Waals surface area contributed by atoms with Gasteiger partial charge in [-0.1, -0.05) is 15.9 Å². The lowest BCUT2D eigenvalue weighted by Gasteiger charge is -2.08. The first-order chi connectivity index (χ1) is 11.9. The van der Waals surface area contributed by atoms with Crippen LogP contribution in [0, 0.1) is 10.1 Å². The number of hydrogen-bond acceptors (Lipinski definition) is 5. The van der Waals surface area contributed by atoms with Crippen molar-refractivity contribution in [2.24, 2.45) is 0 Å². The quantitative estimate of drug-likeness (QED) is 0.444. The summed E-state index contributed by atoms with van der Waals surface area (Å²) in [5, 5.41) is 13.4. The van der Waals surface area contributed by atoms with Crippen LogP contribution in [0.5, 0.6) is 11.5 Å². The van der Waals surface area contributed by atoms with E-state index < -0.39 is 10.8 Å². The number of hydrogen-bond donors (Lipinski definition) is 1. The largest absolute Gasteiger partial charge is 0.496 e. The number of nitrogens with one attached hydrogen (secondary N) is 1. The number of amides is 1. The molecule has 2 aromatic carbocycles. The lowest BCUT2D eigenvalue weighted by atomic mass is 10.2. The van der Waals surface area contributed by atoms with Crippen LogP contribution < -0.4 is 14.8 Å². The van der Waals surface area contributed by atoms with Gasteiger partial charge in [0.25, 0.3) is 5.69 Å². The molecule has 0 bridgehead atoms. The summed E-state index contributed by atoms with van der Waals surface area (Å²) < 4.78 is 11.2. The molecule has 0 heterocycles. The third-order valence-corrected chi connectivity index (χ3v) is 3.75. The van der Waals surface area contributed by atoms with Crippen molar-refractivity contribution in [2.75, 3.05) is 19.5 Å². The Morgan fingerprint density at radius 1 is 1.16 bits per heavy atom. The molecule has 0 spiro atoms. The van der Waals surface area contributed by atoms with Crippen LogP contribution in [0.1, 0.15) is 5.56 Å². The molecule has 1 N–H and O–H groups in total. The molecule has 25 heavy (non-hydrogen) atoms. The van der Waals surface area contributed by atoms with Gasteiger partial charge in [-0.15, -0.1) is 0 Å². The number of benzene rings is 2. The number of halogens is 1. The van der Waals surface area contributed by atoms with E-state index in [2.05, 4.69) is 21.2 Å². The highest BCUT2D eigenvalue weighted by Gasteiger charge is 2.12. The fourth-order valence-corrected chi connectivity index (χ4v) is 2.45. The molecule has 0 saturated heterocycles. The topological polar surface area (TPSA) is 90.7 Å². The first kappa shape index (κ1) is 18.5. The molecule has 0 aliphatic rings. The van der Waals surface area contributed by atoms with Gasteiger partial charge in [-0.2, -0.15) is 0 Å². The van der Waals surface area contributed by atoms with Crippen LogP contribution in [0.2, 0.25) is 0 Å². The van der Waals surface area contributed by atoms with Gasteiger partial charge in [0.2, 0.25) is 5.91 Å². The second-order valence-electron chi connectivity index (χ2n) is 4.85. The number of rotatable bonds is 6. The monoisotopic (exact) mass is 406 g/mol. The highest BCUT2D eigenvalue weighted by molar-refractivity contribution is 9.10. The van der Waals surface area contributed by atoms with Crippen molar-refractivity contribution < 1.29 is 19.2 Å². The molecule has 1 amide bonds. The van der Waals surface area contributed by atoms with E-state index >= 15 is 0 Å². The summed E-state index contributed by atoms with van der Waals surface area (Å²) in [7, 11) is 2.92. The fourth-order valence-electron chi connectivity index (χ4n) is 2.07. The third-order valence-electron chi connectivity index (χ3n) is 3.26. The van der Waals surface area contributed by atoms with Crippen molar-refractivity contribution in [3.8, 4) is 11.5 Å². The van der Waals surface area contributed by atoms with Gasteiger partial charge in [0.05, 0.1) is 30.9 Å². The van der Waals surface area contributed by atoms with Crippen molar-refractivity contribution in [1.29, 1.82) is 0 Å². The second-order valence-corrected chi connectivity index (χ2v) is 5.77. The van der Waals surface area contributed by atoms with Crippen LogP contribution in [-0.2, 0) is 4.79 Å². The number of carbonyl (C=O) groups excluding carboxylic acids is 1. The van der Waals surface area contributed by atoms with E-state index in [-0.39, 0.29) is 11.4 Å². The molecule has 2 aromatic rings. The van der Waals surface area contributed by atoms with Gasteiger partial charge in [0, 0.05) is 22.2 Å². The number of anilines is 1. The number of nitro groups is 1. The molecule has 0 aliphatic heterocycles. The molecule has 0 aromatic heterocycles. The Morgan fingerprint density at radius 3 is 2.52 bits per heavy atom. The first-order valence-electron chi connectivity index (χ1n) is 7.09. The van der Waals surface area contributed by atoms with Crippen molar-refractivity contribution in [3.05, 3.63) is 62.6 Å². The normalized spacial score (nSPS) is 10.5. The summed E-state index contributed by atoms with van der Waals surface area (Å²) in [6.07, 6.45) is 2.95. The molecule has 130 valence electrons. The number of carbonyl (C=O) groups is 1. The van der Waals surface area contributed by atoms with Crippen molar-refractivity contribution >= 4 is 39.3 Å². The average molecular weight is 407 g/mol. The molecule has 0 unspecified atom stereocenters. The highest BCUT2D eigenvalue weighted by Crippen LogP contribution is 2.29. The van der Waals surface area contributed by atoms with Gasteiger partial charge in [-0.3, -0.25) is 14.9 Å². The molecule has 0 aliphatic carbocycles. The number of nitrogens with zero attached hydrogens (tertiary/aromatic N) is 1. The van der Waals surface area contributed by atoms with Gasteiger partial charge in [-0.25, -0.2) is 0 Å². The van der Waals surface area contributed by atoms with Crippen LogP contribution in [-0.4, -0.2) is 25.1 Å². The minimum atomic E-state index is -0.534. The van der Waals surface area contributed by atoms with Crippen LogP contribution in [0.4, 0.5) is 11.4 Å². The standard InChI is InChI=1S/C17H15BrN2O5/c1-24-15-7-4-12(18)9-11(15)3-8-17(21)19-14-6-5-13(20(22)23)10-16(14)25-2/h3-10H,1-2H3,(H,19,21)/b8-3+. The molecule has 0 saturated carbocycles. The molecule has 7 nitrogen and oxygen atoms in total. The second kappa shape index (κ2) is 8.29. The Morgan fingerprint density at radius 2 is 1.88 bits per heavy atom. The first-order valence-corrected chi connectivity index (χ1v) is 7.89. The number of nitro benzene ring substituents is 1. The maximum Gasteiger partial charge on any atom is 0.273 e. The Kier molecular flexibility index (Phi) is 6.13. The number of ether oxygens (including phenoxy) is 2. The van der Waals surface area contributed by atoms with Crippen LogP contribution in [0.25, 0.3) is 6.08 Å². The number of methoxy groups -OCH3 is 2. The van der Waals surface area contributed by atoms with Crippen LogP contribution in [0.15, 0.2) is 46.9 Å². The Labute approximate surface area is 152 Å². The Bertz CT molecular complexity index is 836. The van der Waals surface area contributed by atoms with Crippen molar-refractivity contribution in [2.45, 2.75) is 0 Å². The average Bonchev–Trinajstić information content (AvgIpc) is 2.60. The zero-order valence-corrected chi connectivity index (χ0v) is 15.1. The van der Waals surface area contributed by atoms with Gasteiger partial charge in [0.15, 0.2) is 0 Å². The highest BCUT2D eigenvalue weighted by atomic mass is 79.9. The van der Waals surface area contributed by atoms with E-state index in [9.17, 15) is 14.9 Å². The predicted molar refractivity (Wildman–Crippen MR) is 98.0 cm³/mol. The summed E-state index contributed by atoms with van der Waals surface area (Å²) >= 11 is 3.36. The van der Waals surface area contributed by atoms with E-state index in [1.165, 1.54) is 31.4 Å². The minimum absolute atomic E-state index is 0.121. The molecule has 0 fully saturated rings. The minimum Gasteiger partial charge on any atom is -0.496 e. The van der Waals surface area contributed by atoms with Gasteiger partial charge >= 0.3 is 0 Å². The lowest BCUT2D eigenvalue weighted by Crippen LogP contribution is -2.09. The SMILES string of the molecule is COc1ccc(Br)cc1/C=C/C(=O)Nc1ccc([N+](=O)[O-])cc1OC. The third kappa shape index (κ3) is 4.80. The molecular weight excluding hydrogens is 392 g/mol. The van der Waals surface area contributed by atoms with Crippen molar-refractivity contribution in [3.63, 3.8) is 0 Å². The van der Waals surface area contributed by atoms with E-state index in [0.29, 0.717) is 11.4 Å².